The number of nitrogens with one attached hydrogen (secondary N) is 2. The zero-order valence-electron chi connectivity index (χ0n) is 13.4. The van der Waals surface area contributed by atoms with Crippen LogP contribution in [0.15, 0.2) is 18.6 Å². The van der Waals surface area contributed by atoms with Crippen LogP contribution in [0.5, 0.6) is 0 Å². The second-order valence-electron chi connectivity index (χ2n) is 5.23. The first kappa shape index (κ1) is 19.4. The maximum atomic E-state index is 12.1. The summed E-state index contributed by atoms with van der Waals surface area (Å²) >= 11 is 0. The third-order valence-corrected chi connectivity index (χ3v) is 2.93. The molecule has 0 radical (unpaired) electrons. The van der Waals surface area contributed by atoms with Gasteiger partial charge >= 0.3 is 5.97 Å². The Morgan fingerprint density at radius 1 is 1.42 bits per heavy atom. The third-order valence-electron chi connectivity index (χ3n) is 2.93. The van der Waals surface area contributed by atoms with Gasteiger partial charge in [-0.25, -0.2) is 14.8 Å². The highest BCUT2D eigenvalue weighted by Gasteiger charge is 2.27. The van der Waals surface area contributed by atoms with Crippen molar-refractivity contribution in [3.63, 3.8) is 0 Å². The van der Waals surface area contributed by atoms with Crippen molar-refractivity contribution in [1.82, 2.24) is 15.3 Å². The fraction of sp³-hybridized carbons (Fsp3) is 0.467. The Labute approximate surface area is 139 Å². The molecule has 0 unspecified atom stereocenters. The van der Waals surface area contributed by atoms with Crippen LogP contribution >= 0.6 is 0 Å². The number of Topliss-reactive ketones (excluding diaryl/α,β-unsaturated/α-hetero) is 1. The summed E-state index contributed by atoms with van der Waals surface area (Å²) in [4.78, 5) is 42.8. The van der Waals surface area contributed by atoms with Gasteiger partial charge in [0, 0.05) is 12.6 Å². The summed E-state index contributed by atoms with van der Waals surface area (Å²) in [5.74, 6) is -2.05. The zero-order chi connectivity index (χ0) is 18.1. The maximum Gasteiger partial charge on any atom is 0.328 e. The topological polar surface area (TPSA) is 142 Å². The van der Waals surface area contributed by atoms with Crippen molar-refractivity contribution in [3.05, 3.63) is 24.3 Å². The summed E-state index contributed by atoms with van der Waals surface area (Å²) in [7, 11) is 0. The SMILES string of the molecule is CC(C)OC(=O)[C@H](CCC(=O)C=N)NC(=O)[C@@H](O)c1ccncn1. The molecule has 3 N–H and O–H groups in total. The number of aromatic nitrogens is 2. The van der Waals surface area contributed by atoms with Gasteiger partial charge in [0.05, 0.1) is 18.0 Å². The van der Waals surface area contributed by atoms with Crippen LogP contribution in [-0.2, 0) is 19.1 Å². The van der Waals surface area contributed by atoms with Crippen molar-refractivity contribution >= 4 is 23.9 Å². The van der Waals surface area contributed by atoms with Crippen LogP contribution in [0.4, 0.5) is 0 Å². The number of hydrogen-bond acceptors (Lipinski definition) is 8. The Balaban J connectivity index is 2.78. The lowest BCUT2D eigenvalue weighted by molar-refractivity contribution is -0.152. The summed E-state index contributed by atoms with van der Waals surface area (Å²) < 4.78 is 5.04. The number of aliphatic hydroxyl groups excluding tert-OH is 1. The normalized spacial score (nSPS) is 13.0. The number of hydrogen-bond donors (Lipinski definition) is 3. The smallest absolute Gasteiger partial charge is 0.328 e. The summed E-state index contributed by atoms with van der Waals surface area (Å²) in [5.41, 5.74) is 0.0778. The Bertz CT molecular complexity index is 591. The Kier molecular flexibility index (Phi) is 7.63. The molecule has 0 saturated heterocycles. The van der Waals surface area contributed by atoms with Crippen molar-refractivity contribution in [2.45, 2.75) is 44.9 Å². The van der Waals surface area contributed by atoms with Crippen molar-refractivity contribution < 1.29 is 24.2 Å². The molecule has 2 atom stereocenters. The first-order chi connectivity index (χ1) is 11.3. The lowest BCUT2D eigenvalue weighted by atomic mass is 10.1. The summed E-state index contributed by atoms with van der Waals surface area (Å²) in [6.07, 6.45) is 1.06. The van der Waals surface area contributed by atoms with E-state index in [9.17, 15) is 19.5 Å². The van der Waals surface area contributed by atoms with E-state index in [0.29, 0.717) is 6.21 Å². The third kappa shape index (κ3) is 6.21. The van der Waals surface area contributed by atoms with Crippen molar-refractivity contribution in [2.75, 3.05) is 0 Å². The van der Waals surface area contributed by atoms with Gasteiger partial charge in [-0.15, -0.1) is 0 Å². The molecule has 1 amide bonds. The Morgan fingerprint density at radius 3 is 2.67 bits per heavy atom. The summed E-state index contributed by atoms with van der Waals surface area (Å²) in [6.45, 7) is 3.30. The number of carbonyl (C=O) groups excluding carboxylic acids is 3. The minimum Gasteiger partial charge on any atom is -0.461 e. The highest BCUT2D eigenvalue weighted by Crippen LogP contribution is 2.10. The largest absolute Gasteiger partial charge is 0.461 e. The maximum absolute atomic E-state index is 12.1. The van der Waals surface area contributed by atoms with Gasteiger partial charge in [-0.3, -0.25) is 9.59 Å². The number of ketones is 1. The van der Waals surface area contributed by atoms with Gasteiger partial charge in [0.25, 0.3) is 5.91 Å². The zero-order valence-corrected chi connectivity index (χ0v) is 13.4. The van der Waals surface area contributed by atoms with E-state index in [4.69, 9.17) is 10.1 Å². The first-order valence-electron chi connectivity index (χ1n) is 7.33. The minimum absolute atomic E-state index is 0.0397. The van der Waals surface area contributed by atoms with Crippen LogP contribution in [-0.4, -0.2) is 51.1 Å². The molecule has 0 aliphatic rings. The number of ether oxygens (including phenoxy) is 1. The molecule has 0 aliphatic carbocycles. The van der Waals surface area contributed by atoms with E-state index in [0.717, 1.165) is 0 Å². The molecular formula is C15H20N4O5. The molecule has 0 fully saturated rings. The molecule has 0 aliphatic heterocycles. The van der Waals surface area contributed by atoms with Gasteiger partial charge in [-0.2, -0.15) is 0 Å². The standard InChI is InChI=1S/C15H20N4O5/c1-9(2)24-15(23)12(4-3-10(20)7-16)19-14(22)13(21)11-5-6-17-8-18-11/h5-9,12-13,16,21H,3-4H2,1-2H3,(H,19,22)/t12-,13-/m0/s1. The van der Waals surface area contributed by atoms with Crippen molar-refractivity contribution in [1.29, 1.82) is 5.41 Å². The van der Waals surface area contributed by atoms with Crippen LogP contribution in [0.3, 0.4) is 0 Å². The number of nitrogens with zero attached hydrogens (tertiary/aromatic N) is 2. The molecule has 1 heterocycles. The molecule has 0 saturated carbocycles. The van der Waals surface area contributed by atoms with Gasteiger partial charge in [-0.1, -0.05) is 0 Å². The van der Waals surface area contributed by atoms with Crippen molar-refractivity contribution in [2.24, 2.45) is 0 Å². The quantitative estimate of drug-likeness (QED) is 0.423. The van der Waals surface area contributed by atoms with Gasteiger partial charge in [0.1, 0.15) is 12.4 Å². The van der Waals surface area contributed by atoms with E-state index in [1.165, 1.54) is 18.6 Å². The highest BCUT2D eigenvalue weighted by molar-refractivity contribution is 6.26. The number of aliphatic hydroxyl groups is 1. The molecule has 9 nitrogen and oxygen atoms in total. The molecule has 1 rings (SSSR count). The fourth-order valence-corrected chi connectivity index (χ4v) is 1.77. The van der Waals surface area contributed by atoms with Crippen LogP contribution in [0, 0.1) is 5.41 Å². The van der Waals surface area contributed by atoms with E-state index in [1.807, 2.05) is 0 Å². The number of amides is 1. The van der Waals surface area contributed by atoms with Gasteiger partial charge in [0.15, 0.2) is 11.9 Å². The molecule has 130 valence electrons. The lowest BCUT2D eigenvalue weighted by Crippen LogP contribution is -2.45. The van der Waals surface area contributed by atoms with E-state index < -0.39 is 35.9 Å². The van der Waals surface area contributed by atoms with Crippen LogP contribution < -0.4 is 5.32 Å². The molecular weight excluding hydrogens is 316 g/mol. The first-order valence-corrected chi connectivity index (χ1v) is 7.33. The highest BCUT2D eigenvalue weighted by atomic mass is 16.5. The molecule has 0 spiro atoms. The fourth-order valence-electron chi connectivity index (χ4n) is 1.77. The average Bonchev–Trinajstić information content (AvgIpc) is 2.57. The van der Waals surface area contributed by atoms with E-state index in [1.54, 1.807) is 13.8 Å². The predicted octanol–water partition coefficient (Wildman–Crippen LogP) is -0.0547. The molecule has 9 heteroatoms. The van der Waals surface area contributed by atoms with E-state index in [-0.39, 0.29) is 18.5 Å². The Hall–Kier alpha value is -2.68. The second kappa shape index (κ2) is 9.46. The second-order valence-corrected chi connectivity index (χ2v) is 5.23. The monoisotopic (exact) mass is 336 g/mol. The molecule has 1 aromatic heterocycles. The van der Waals surface area contributed by atoms with Crippen LogP contribution in [0.2, 0.25) is 0 Å². The van der Waals surface area contributed by atoms with Gasteiger partial charge < -0.3 is 20.6 Å². The van der Waals surface area contributed by atoms with Crippen LogP contribution in [0.1, 0.15) is 38.5 Å². The minimum atomic E-state index is -1.58. The van der Waals surface area contributed by atoms with Crippen molar-refractivity contribution in [3.8, 4) is 0 Å². The Morgan fingerprint density at radius 2 is 2.12 bits per heavy atom. The van der Waals surface area contributed by atoms with Crippen LogP contribution in [0.25, 0.3) is 0 Å². The predicted molar refractivity (Wildman–Crippen MR) is 83.2 cm³/mol. The summed E-state index contributed by atoms with van der Waals surface area (Å²) in [6, 6.07) is 0.255. The number of rotatable bonds is 9. The lowest BCUT2D eigenvalue weighted by Gasteiger charge is -2.20. The van der Waals surface area contributed by atoms with Gasteiger partial charge in [0.2, 0.25) is 0 Å². The van der Waals surface area contributed by atoms with Gasteiger partial charge in [-0.05, 0) is 26.3 Å². The number of esters is 1. The number of carbonyl (C=O) groups is 3. The average molecular weight is 336 g/mol. The molecule has 24 heavy (non-hydrogen) atoms. The van der Waals surface area contributed by atoms with E-state index >= 15 is 0 Å². The van der Waals surface area contributed by atoms with E-state index in [2.05, 4.69) is 15.3 Å². The molecule has 0 aromatic carbocycles. The molecule has 0 bridgehead atoms. The summed E-state index contributed by atoms with van der Waals surface area (Å²) in [5, 5.41) is 19.2. The molecule has 1 aromatic rings.